The number of carbonyl (C=O) groups is 1. The van der Waals surface area contributed by atoms with Gasteiger partial charge < -0.3 is 14.8 Å². The molecule has 0 radical (unpaired) electrons. The topological polar surface area (TPSA) is 47.6 Å². The summed E-state index contributed by atoms with van der Waals surface area (Å²) in [6.07, 6.45) is 5.16. The van der Waals surface area contributed by atoms with E-state index in [1.54, 1.807) is 0 Å². The molecule has 0 aromatic carbocycles. The second kappa shape index (κ2) is 8.48. The Hall–Kier alpha value is -0.610. The molecule has 2 atom stereocenters. The van der Waals surface area contributed by atoms with Crippen molar-refractivity contribution in [2.45, 2.75) is 58.0 Å². The Morgan fingerprint density at radius 2 is 2.11 bits per heavy atom. The number of unbranched alkanes of at least 4 members (excludes halogenated alkanes) is 1. The molecule has 0 saturated carbocycles. The van der Waals surface area contributed by atoms with Gasteiger partial charge in [-0.25, -0.2) is 0 Å². The van der Waals surface area contributed by atoms with Gasteiger partial charge in [0.15, 0.2) is 0 Å². The molecule has 1 rings (SSSR count). The fraction of sp³-hybridized carbons (Fsp3) is 0.929. The van der Waals surface area contributed by atoms with Crippen molar-refractivity contribution < 1.29 is 14.3 Å². The summed E-state index contributed by atoms with van der Waals surface area (Å²) >= 11 is 0. The zero-order valence-electron chi connectivity index (χ0n) is 11.9. The van der Waals surface area contributed by atoms with E-state index in [2.05, 4.69) is 19.2 Å². The van der Waals surface area contributed by atoms with Crippen LogP contribution < -0.4 is 5.32 Å². The zero-order chi connectivity index (χ0) is 13.4. The summed E-state index contributed by atoms with van der Waals surface area (Å²) in [6, 6.07) is 0.183. The molecular formula is C14H27NO3. The fourth-order valence-electron chi connectivity index (χ4n) is 2.49. The maximum Gasteiger partial charge on any atom is 0.322 e. The van der Waals surface area contributed by atoms with Crippen LogP contribution in [0.3, 0.4) is 0 Å². The van der Waals surface area contributed by atoms with Crippen molar-refractivity contribution in [1.29, 1.82) is 0 Å². The van der Waals surface area contributed by atoms with Gasteiger partial charge >= 0.3 is 5.97 Å². The Balaban J connectivity index is 2.44. The number of esters is 1. The summed E-state index contributed by atoms with van der Waals surface area (Å²) in [5, 5.41) is 3.44. The Labute approximate surface area is 110 Å². The van der Waals surface area contributed by atoms with Crippen LogP contribution in [0.5, 0.6) is 0 Å². The highest BCUT2D eigenvalue weighted by Crippen LogP contribution is 2.19. The maximum atomic E-state index is 11.7. The normalized spacial score (nSPS) is 20.4. The molecule has 0 bridgehead atoms. The highest BCUT2D eigenvalue weighted by Gasteiger charge is 2.26. The van der Waals surface area contributed by atoms with Crippen molar-refractivity contribution in [2.24, 2.45) is 5.92 Å². The highest BCUT2D eigenvalue weighted by molar-refractivity contribution is 5.75. The molecule has 1 fully saturated rings. The first-order chi connectivity index (χ1) is 8.69. The predicted octanol–water partition coefficient (Wildman–Crippen LogP) is 2.12. The second-order valence-electron chi connectivity index (χ2n) is 5.12. The molecule has 4 heteroatoms. The molecule has 4 nitrogen and oxygen atoms in total. The minimum atomic E-state index is -0.159. The van der Waals surface area contributed by atoms with Gasteiger partial charge in [0, 0.05) is 19.3 Å². The van der Waals surface area contributed by atoms with Crippen LogP contribution in [0.25, 0.3) is 0 Å². The van der Waals surface area contributed by atoms with Crippen LogP contribution >= 0.6 is 0 Å². The van der Waals surface area contributed by atoms with Crippen LogP contribution in [-0.4, -0.2) is 38.4 Å². The third kappa shape index (κ3) is 4.94. The molecule has 1 saturated heterocycles. The number of hydrogen-bond donors (Lipinski definition) is 1. The van der Waals surface area contributed by atoms with E-state index in [0.29, 0.717) is 12.0 Å². The van der Waals surface area contributed by atoms with Crippen molar-refractivity contribution in [3.63, 3.8) is 0 Å². The number of rotatable bonds is 7. The summed E-state index contributed by atoms with van der Waals surface area (Å²) in [7, 11) is 1.46. The lowest BCUT2D eigenvalue weighted by Crippen LogP contribution is -2.46. The molecule has 18 heavy (non-hydrogen) atoms. The van der Waals surface area contributed by atoms with E-state index in [4.69, 9.17) is 9.47 Å². The predicted molar refractivity (Wildman–Crippen MR) is 71.5 cm³/mol. The van der Waals surface area contributed by atoms with E-state index < -0.39 is 0 Å². The monoisotopic (exact) mass is 257 g/mol. The minimum absolute atomic E-state index is 0.137. The van der Waals surface area contributed by atoms with E-state index in [0.717, 1.165) is 45.3 Å². The average Bonchev–Trinajstić information content (AvgIpc) is 2.43. The zero-order valence-corrected chi connectivity index (χ0v) is 11.9. The Kier molecular flexibility index (Phi) is 7.28. The van der Waals surface area contributed by atoms with E-state index in [1.165, 1.54) is 7.11 Å². The van der Waals surface area contributed by atoms with Crippen LogP contribution in [0.4, 0.5) is 0 Å². The molecule has 0 aliphatic carbocycles. The van der Waals surface area contributed by atoms with Gasteiger partial charge in [-0.15, -0.1) is 0 Å². The van der Waals surface area contributed by atoms with Crippen molar-refractivity contribution >= 4 is 5.97 Å². The third-order valence-corrected chi connectivity index (χ3v) is 3.77. The highest BCUT2D eigenvalue weighted by atomic mass is 16.5. The summed E-state index contributed by atoms with van der Waals surface area (Å²) in [5.41, 5.74) is 0. The van der Waals surface area contributed by atoms with Gasteiger partial charge in [-0.1, -0.05) is 19.8 Å². The van der Waals surface area contributed by atoms with E-state index in [9.17, 15) is 4.79 Å². The molecule has 1 aliphatic rings. The van der Waals surface area contributed by atoms with Gasteiger partial charge in [-0.3, -0.25) is 4.79 Å². The van der Waals surface area contributed by atoms with Crippen LogP contribution in [0.15, 0.2) is 0 Å². The first kappa shape index (κ1) is 15.4. The van der Waals surface area contributed by atoms with Crippen molar-refractivity contribution in [3.8, 4) is 0 Å². The van der Waals surface area contributed by atoms with Crippen molar-refractivity contribution in [3.05, 3.63) is 0 Å². The van der Waals surface area contributed by atoms with E-state index in [-0.39, 0.29) is 12.0 Å². The number of nitrogens with one attached hydrogen (secondary N) is 1. The van der Waals surface area contributed by atoms with Gasteiger partial charge in [0.2, 0.25) is 0 Å². The van der Waals surface area contributed by atoms with Crippen molar-refractivity contribution in [1.82, 2.24) is 5.32 Å². The quantitative estimate of drug-likeness (QED) is 0.710. The van der Waals surface area contributed by atoms with E-state index in [1.807, 2.05) is 0 Å². The minimum Gasteiger partial charge on any atom is -0.468 e. The standard InChI is InChI=1S/C14H27NO3/c1-4-5-6-13(14(16)17-3)15-11(2)12-7-9-18-10-8-12/h11-13,15H,4-10H2,1-3H3. The fourth-order valence-corrected chi connectivity index (χ4v) is 2.49. The number of ether oxygens (including phenoxy) is 2. The molecular weight excluding hydrogens is 230 g/mol. The van der Waals surface area contributed by atoms with Gasteiger partial charge in [-0.05, 0) is 32.1 Å². The summed E-state index contributed by atoms with van der Waals surface area (Å²) in [6.45, 7) is 5.98. The molecule has 0 aromatic rings. The van der Waals surface area contributed by atoms with Gasteiger partial charge in [0.05, 0.1) is 7.11 Å². The SMILES string of the molecule is CCCCC(NC(C)C1CCOCC1)C(=O)OC. The lowest BCUT2D eigenvalue weighted by atomic mass is 9.92. The lowest BCUT2D eigenvalue weighted by molar-refractivity contribution is -0.143. The summed E-state index contributed by atoms with van der Waals surface area (Å²) < 4.78 is 10.2. The summed E-state index contributed by atoms with van der Waals surface area (Å²) in [5.74, 6) is 0.467. The number of carbonyl (C=O) groups excluding carboxylic acids is 1. The van der Waals surface area contributed by atoms with Crippen LogP contribution in [0.1, 0.15) is 46.0 Å². The molecule has 0 aromatic heterocycles. The Morgan fingerprint density at radius 1 is 1.44 bits per heavy atom. The molecule has 0 amide bonds. The first-order valence-electron chi connectivity index (χ1n) is 7.10. The molecule has 0 spiro atoms. The summed E-state index contributed by atoms with van der Waals surface area (Å²) in [4.78, 5) is 11.7. The van der Waals surface area contributed by atoms with E-state index >= 15 is 0 Å². The number of hydrogen-bond acceptors (Lipinski definition) is 4. The maximum absolute atomic E-state index is 11.7. The molecule has 106 valence electrons. The lowest BCUT2D eigenvalue weighted by Gasteiger charge is -2.31. The van der Waals surface area contributed by atoms with Gasteiger partial charge in [0.25, 0.3) is 0 Å². The Bertz CT molecular complexity index is 239. The second-order valence-corrected chi connectivity index (χ2v) is 5.12. The first-order valence-corrected chi connectivity index (χ1v) is 7.10. The average molecular weight is 257 g/mol. The third-order valence-electron chi connectivity index (χ3n) is 3.77. The molecule has 1 heterocycles. The van der Waals surface area contributed by atoms with Crippen LogP contribution in [0, 0.1) is 5.92 Å². The van der Waals surface area contributed by atoms with Gasteiger partial charge in [0.1, 0.15) is 6.04 Å². The molecule has 1 N–H and O–H groups in total. The van der Waals surface area contributed by atoms with Crippen molar-refractivity contribution in [2.75, 3.05) is 20.3 Å². The molecule has 1 aliphatic heterocycles. The smallest absolute Gasteiger partial charge is 0.322 e. The van der Waals surface area contributed by atoms with Crippen LogP contribution in [-0.2, 0) is 14.3 Å². The largest absolute Gasteiger partial charge is 0.468 e. The van der Waals surface area contributed by atoms with Gasteiger partial charge in [-0.2, -0.15) is 0 Å². The van der Waals surface area contributed by atoms with Crippen LogP contribution in [0.2, 0.25) is 0 Å². The Morgan fingerprint density at radius 3 is 2.67 bits per heavy atom. The number of methoxy groups -OCH3 is 1. The molecule has 2 unspecified atom stereocenters.